The van der Waals surface area contributed by atoms with Crippen LogP contribution in [-0.4, -0.2) is 18.0 Å². The zero-order chi connectivity index (χ0) is 19.2. The number of aromatic amines is 1. The smallest absolute Gasteiger partial charge is 0.309 e. The van der Waals surface area contributed by atoms with Crippen molar-refractivity contribution in [3.8, 4) is 0 Å². The third kappa shape index (κ3) is 3.08. The summed E-state index contributed by atoms with van der Waals surface area (Å²) in [4.78, 5) is 28.6. The molecule has 0 radical (unpaired) electrons. The first-order chi connectivity index (χ1) is 12.9. The van der Waals surface area contributed by atoms with Crippen molar-refractivity contribution in [1.29, 1.82) is 0 Å². The molecule has 6 nitrogen and oxygen atoms in total. The molecule has 1 unspecified atom stereocenters. The number of rotatable bonds is 3. The maximum absolute atomic E-state index is 13.1. The van der Waals surface area contributed by atoms with E-state index in [1.54, 1.807) is 24.3 Å². The molecule has 1 aromatic heterocycles. The molecule has 4 rings (SSSR count). The third-order valence-corrected chi connectivity index (χ3v) is 8.05. The second kappa shape index (κ2) is 6.78. The summed E-state index contributed by atoms with van der Waals surface area (Å²) in [5, 5.41) is -0.864. The normalized spacial score (nSPS) is 20.6. The van der Waals surface area contributed by atoms with E-state index in [4.69, 9.17) is 0 Å². The SMILES string of the molecule is Cc1ccc(S(=O)(=O)C2CCc3c2[nH]c(=O)n(C2CCCCC2)c3=O)cc1. The molecule has 2 aliphatic rings. The Bertz CT molecular complexity index is 1070. The standard InChI is InChI=1S/C20H24N2O4S/c1-13-7-9-15(10-8-13)27(25,26)17-12-11-16-18(17)21-20(24)22(19(16)23)14-5-3-2-4-6-14/h7-10,14,17H,2-6,11-12H2,1H3,(H,21,24). The van der Waals surface area contributed by atoms with Crippen molar-refractivity contribution < 1.29 is 8.42 Å². The summed E-state index contributed by atoms with van der Waals surface area (Å²) in [5.41, 5.74) is 0.946. The highest BCUT2D eigenvalue weighted by atomic mass is 32.2. The molecular formula is C20H24N2O4S. The predicted octanol–water partition coefficient (Wildman–Crippen LogP) is 2.81. The van der Waals surface area contributed by atoms with Crippen LogP contribution in [-0.2, 0) is 16.3 Å². The van der Waals surface area contributed by atoms with Gasteiger partial charge in [0.05, 0.1) is 4.90 Å². The summed E-state index contributed by atoms with van der Waals surface area (Å²) in [6.45, 7) is 1.90. The summed E-state index contributed by atoms with van der Waals surface area (Å²) < 4.78 is 27.5. The fraction of sp³-hybridized carbons (Fsp3) is 0.500. The fourth-order valence-electron chi connectivity index (χ4n) is 4.41. The molecule has 0 saturated heterocycles. The quantitative estimate of drug-likeness (QED) is 0.876. The minimum atomic E-state index is -3.66. The van der Waals surface area contributed by atoms with E-state index < -0.39 is 20.8 Å². The van der Waals surface area contributed by atoms with Crippen molar-refractivity contribution in [2.75, 3.05) is 0 Å². The van der Waals surface area contributed by atoms with E-state index in [2.05, 4.69) is 4.98 Å². The number of H-pyrrole nitrogens is 1. The second-order valence-corrected chi connectivity index (χ2v) is 9.81. The van der Waals surface area contributed by atoms with Crippen LogP contribution in [0.3, 0.4) is 0 Å². The molecule has 144 valence electrons. The topological polar surface area (TPSA) is 89.0 Å². The lowest BCUT2D eigenvalue weighted by molar-refractivity contribution is 0.335. The van der Waals surface area contributed by atoms with Gasteiger partial charge in [0.25, 0.3) is 5.56 Å². The Morgan fingerprint density at radius 2 is 1.67 bits per heavy atom. The zero-order valence-corrected chi connectivity index (χ0v) is 16.2. The molecule has 0 spiro atoms. The molecular weight excluding hydrogens is 364 g/mol. The highest BCUT2D eigenvalue weighted by molar-refractivity contribution is 7.91. The number of nitrogens with zero attached hydrogens (tertiary/aromatic N) is 1. The lowest BCUT2D eigenvalue weighted by Gasteiger charge is -2.23. The second-order valence-electron chi connectivity index (χ2n) is 7.67. The van der Waals surface area contributed by atoms with Gasteiger partial charge in [-0.2, -0.15) is 0 Å². The van der Waals surface area contributed by atoms with E-state index in [0.29, 0.717) is 18.4 Å². The number of fused-ring (bicyclic) bond motifs is 1. The van der Waals surface area contributed by atoms with Gasteiger partial charge in [-0.15, -0.1) is 0 Å². The number of nitrogens with one attached hydrogen (secondary N) is 1. The molecule has 1 atom stereocenters. The molecule has 1 N–H and O–H groups in total. The van der Waals surface area contributed by atoms with Crippen molar-refractivity contribution in [3.05, 3.63) is 61.9 Å². The number of benzene rings is 1. The van der Waals surface area contributed by atoms with Gasteiger partial charge in [-0.05, 0) is 44.7 Å². The minimum absolute atomic E-state index is 0.0759. The van der Waals surface area contributed by atoms with Crippen LogP contribution in [0.15, 0.2) is 38.8 Å². The van der Waals surface area contributed by atoms with E-state index in [9.17, 15) is 18.0 Å². The largest absolute Gasteiger partial charge is 0.328 e. The number of hydrogen-bond acceptors (Lipinski definition) is 4. The van der Waals surface area contributed by atoms with Crippen LogP contribution in [0.1, 0.15) is 66.6 Å². The monoisotopic (exact) mass is 388 g/mol. The first-order valence-electron chi connectivity index (χ1n) is 9.58. The number of aromatic nitrogens is 2. The van der Waals surface area contributed by atoms with Gasteiger partial charge in [0.2, 0.25) is 0 Å². The van der Waals surface area contributed by atoms with Gasteiger partial charge in [-0.25, -0.2) is 13.2 Å². The molecule has 2 aromatic rings. The summed E-state index contributed by atoms with van der Waals surface area (Å²) in [6.07, 6.45) is 5.51. The Morgan fingerprint density at radius 1 is 1.00 bits per heavy atom. The molecule has 1 heterocycles. The van der Waals surface area contributed by atoms with Crippen molar-refractivity contribution in [1.82, 2.24) is 9.55 Å². The van der Waals surface area contributed by atoms with Crippen LogP contribution < -0.4 is 11.2 Å². The Kier molecular flexibility index (Phi) is 4.58. The van der Waals surface area contributed by atoms with Gasteiger partial charge >= 0.3 is 5.69 Å². The minimum Gasteiger partial charge on any atom is -0.309 e. The highest BCUT2D eigenvalue weighted by Crippen LogP contribution is 2.37. The van der Waals surface area contributed by atoms with Crippen LogP contribution in [0.5, 0.6) is 0 Å². The Balaban J connectivity index is 1.78. The molecule has 0 amide bonds. The van der Waals surface area contributed by atoms with Gasteiger partial charge in [-0.3, -0.25) is 9.36 Å². The molecule has 0 aliphatic heterocycles. The molecule has 1 fully saturated rings. The summed E-state index contributed by atoms with van der Waals surface area (Å²) in [6, 6.07) is 6.61. The molecule has 2 aliphatic carbocycles. The maximum atomic E-state index is 13.1. The Labute approximate surface area is 158 Å². The fourth-order valence-corrected chi connectivity index (χ4v) is 6.20. The van der Waals surface area contributed by atoms with Crippen LogP contribution in [0, 0.1) is 6.92 Å². The van der Waals surface area contributed by atoms with Gasteiger partial charge in [0, 0.05) is 17.3 Å². The molecule has 1 aromatic carbocycles. The molecule has 1 saturated carbocycles. The van der Waals surface area contributed by atoms with Crippen molar-refractivity contribution in [2.45, 2.75) is 68.1 Å². The Hall–Kier alpha value is -2.15. The number of hydrogen-bond donors (Lipinski definition) is 1. The van der Waals surface area contributed by atoms with Gasteiger partial charge in [0.1, 0.15) is 5.25 Å². The zero-order valence-electron chi connectivity index (χ0n) is 15.4. The first kappa shape index (κ1) is 18.2. The van der Waals surface area contributed by atoms with E-state index in [1.807, 2.05) is 6.92 Å². The van der Waals surface area contributed by atoms with Crippen molar-refractivity contribution >= 4 is 9.84 Å². The van der Waals surface area contributed by atoms with E-state index in [0.717, 1.165) is 37.7 Å². The van der Waals surface area contributed by atoms with Crippen LogP contribution in [0.25, 0.3) is 0 Å². The van der Waals surface area contributed by atoms with Gasteiger partial charge in [-0.1, -0.05) is 37.0 Å². The number of sulfone groups is 1. The Morgan fingerprint density at radius 3 is 2.33 bits per heavy atom. The lowest BCUT2D eigenvalue weighted by atomic mass is 9.95. The summed E-state index contributed by atoms with van der Waals surface area (Å²) >= 11 is 0. The van der Waals surface area contributed by atoms with Crippen LogP contribution >= 0.6 is 0 Å². The molecule has 7 heteroatoms. The van der Waals surface area contributed by atoms with E-state index in [-0.39, 0.29) is 22.2 Å². The van der Waals surface area contributed by atoms with Gasteiger partial charge < -0.3 is 4.98 Å². The summed E-state index contributed by atoms with van der Waals surface area (Å²) in [7, 11) is -3.66. The first-order valence-corrected chi connectivity index (χ1v) is 11.1. The van der Waals surface area contributed by atoms with Gasteiger partial charge in [0.15, 0.2) is 9.84 Å². The molecule has 0 bridgehead atoms. The lowest BCUT2D eigenvalue weighted by Crippen LogP contribution is -2.41. The average molecular weight is 388 g/mol. The third-order valence-electron chi connectivity index (χ3n) is 5.90. The van der Waals surface area contributed by atoms with Crippen LogP contribution in [0.2, 0.25) is 0 Å². The maximum Gasteiger partial charge on any atom is 0.328 e. The highest BCUT2D eigenvalue weighted by Gasteiger charge is 2.38. The predicted molar refractivity (Wildman–Crippen MR) is 103 cm³/mol. The van der Waals surface area contributed by atoms with Crippen molar-refractivity contribution in [2.24, 2.45) is 0 Å². The van der Waals surface area contributed by atoms with E-state index in [1.165, 1.54) is 4.57 Å². The molecule has 27 heavy (non-hydrogen) atoms. The number of aryl methyl sites for hydroxylation is 1. The van der Waals surface area contributed by atoms with Crippen molar-refractivity contribution in [3.63, 3.8) is 0 Å². The average Bonchev–Trinajstić information content (AvgIpc) is 3.08. The summed E-state index contributed by atoms with van der Waals surface area (Å²) in [5.74, 6) is 0. The van der Waals surface area contributed by atoms with E-state index >= 15 is 0 Å². The van der Waals surface area contributed by atoms with Crippen LogP contribution in [0.4, 0.5) is 0 Å².